The smallest absolute Gasteiger partial charge is 0.306 e. The molecule has 0 saturated carbocycles. The second-order valence-corrected chi connectivity index (χ2v) is 10.2. The lowest BCUT2D eigenvalue weighted by Crippen LogP contribution is -2.24. The van der Waals surface area contributed by atoms with Crippen molar-refractivity contribution in [1.29, 1.82) is 5.26 Å². The predicted octanol–water partition coefficient (Wildman–Crippen LogP) is 2.47. The Hall–Kier alpha value is -3.19. The maximum atomic E-state index is 13.2. The first kappa shape index (κ1) is 23.5. The molecule has 1 fully saturated rings. The first-order chi connectivity index (χ1) is 15.1. The summed E-state index contributed by atoms with van der Waals surface area (Å²) in [5.41, 5.74) is 2.54. The second-order valence-electron chi connectivity index (χ2n) is 7.94. The molecule has 0 radical (unpaired) electrons. The van der Waals surface area contributed by atoms with Crippen LogP contribution in [0.2, 0.25) is 0 Å². The molecule has 3 rings (SSSR count). The molecule has 0 aliphatic carbocycles. The zero-order valence-electron chi connectivity index (χ0n) is 17.9. The number of nitrogens with zero attached hydrogens (tertiary/aromatic N) is 2. The Labute approximate surface area is 185 Å². The normalized spacial score (nSPS) is 17.0. The van der Waals surface area contributed by atoms with Crippen molar-refractivity contribution in [3.63, 3.8) is 0 Å². The topological polar surface area (TPSA) is 118 Å². The monoisotopic (exact) mass is 461 g/mol. The molecular weight excluding hydrogens is 437 g/mol. The highest BCUT2D eigenvalue weighted by Crippen LogP contribution is 2.27. The Balaban J connectivity index is 1.67. The summed E-state index contributed by atoms with van der Waals surface area (Å²) in [6, 6.07) is 7.99. The fraction of sp³-hybridized carbons (Fsp3) is 0.409. The summed E-state index contributed by atoms with van der Waals surface area (Å²) in [5, 5.41) is 12.2. The van der Waals surface area contributed by atoms with Gasteiger partial charge in [0.15, 0.2) is 16.4 Å². The van der Waals surface area contributed by atoms with Gasteiger partial charge in [-0.1, -0.05) is 12.1 Å². The van der Waals surface area contributed by atoms with Gasteiger partial charge in [0.1, 0.15) is 17.7 Å². The van der Waals surface area contributed by atoms with Gasteiger partial charge in [-0.2, -0.15) is 5.26 Å². The largest absolute Gasteiger partial charge is 0.456 e. The third-order valence-electron chi connectivity index (χ3n) is 5.60. The van der Waals surface area contributed by atoms with E-state index in [1.54, 1.807) is 23.6 Å². The molecule has 1 saturated heterocycles. The van der Waals surface area contributed by atoms with Gasteiger partial charge in [0.25, 0.3) is 5.91 Å². The molecule has 1 aromatic heterocycles. The number of carbonyl (C=O) groups is 2. The predicted molar refractivity (Wildman–Crippen MR) is 115 cm³/mol. The maximum Gasteiger partial charge on any atom is 0.306 e. The lowest BCUT2D eigenvalue weighted by atomic mass is 10.1. The number of rotatable bonds is 7. The van der Waals surface area contributed by atoms with Crippen molar-refractivity contribution in [2.45, 2.75) is 33.2 Å². The van der Waals surface area contributed by atoms with Crippen LogP contribution in [0.15, 0.2) is 24.3 Å². The Kier molecular flexibility index (Phi) is 6.99. The number of sulfone groups is 1. The number of ether oxygens (including phenoxy) is 1. The molecule has 0 spiro atoms. The summed E-state index contributed by atoms with van der Waals surface area (Å²) in [4.78, 5) is 24.4. The average molecular weight is 462 g/mol. The summed E-state index contributed by atoms with van der Waals surface area (Å²) in [5.74, 6) is -1.63. The highest BCUT2D eigenvalue weighted by molar-refractivity contribution is 7.91. The van der Waals surface area contributed by atoms with Crippen molar-refractivity contribution in [2.24, 2.45) is 5.92 Å². The lowest BCUT2D eigenvalue weighted by Gasteiger charge is -2.14. The number of halogens is 1. The molecule has 0 bridgehead atoms. The van der Waals surface area contributed by atoms with Crippen LogP contribution >= 0.6 is 0 Å². The van der Waals surface area contributed by atoms with Gasteiger partial charge in [-0.15, -0.1) is 0 Å². The fourth-order valence-corrected chi connectivity index (χ4v) is 5.60. The van der Waals surface area contributed by atoms with Crippen LogP contribution in [0.3, 0.4) is 0 Å². The van der Waals surface area contributed by atoms with Crippen LogP contribution in [-0.4, -0.2) is 43.0 Å². The summed E-state index contributed by atoms with van der Waals surface area (Å²) >= 11 is 0. The molecule has 32 heavy (non-hydrogen) atoms. The van der Waals surface area contributed by atoms with Crippen molar-refractivity contribution in [2.75, 3.05) is 23.4 Å². The minimum atomic E-state index is -3.10. The van der Waals surface area contributed by atoms with Crippen LogP contribution < -0.4 is 5.32 Å². The van der Waals surface area contributed by atoms with Crippen LogP contribution in [0.1, 0.15) is 35.2 Å². The maximum absolute atomic E-state index is 13.2. The van der Waals surface area contributed by atoms with Crippen molar-refractivity contribution < 1.29 is 27.1 Å². The first-order valence-corrected chi connectivity index (χ1v) is 11.9. The van der Waals surface area contributed by atoms with Gasteiger partial charge in [-0.05, 0) is 49.4 Å². The van der Waals surface area contributed by atoms with E-state index in [1.165, 1.54) is 12.1 Å². The molecule has 1 aliphatic rings. The van der Waals surface area contributed by atoms with Crippen LogP contribution in [0.25, 0.3) is 0 Å². The molecule has 1 unspecified atom stereocenters. The molecule has 2 heterocycles. The van der Waals surface area contributed by atoms with Crippen molar-refractivity contribution in [1.82, 2.24) is 4.57 Å². The minimum Gasteiger partial charge on any atom is -0.456 e. The average Bonchev–Trinajstić information content (AvgIpc) is 3.18. The van der Waals surface area contributed by atoms with Gasteiger partial charge >= 0.3 is 5.97 Å². The highest BCUT2D eigenvalue weighted by Gasteiger charge is 2.30. The van der Waals surface area contributed by atoms with E-state index < -0.39 is 28.3 Å². The van der Waals surface area contributed by atoms with Crippen molar-refractivity contribution in [3.8, 4) is 6.07 Å². The molecule has 1 aromatic carbocycles. The molecule has 2 aromatic rings. The third kappa shape index (κ3) is 5.53. The van der Waals surface area contributed by atoms with E-state index in [0.717, 1.165) is 11.3 Å². The number of carbonyl (C=O) groups excluding carboxylic acids is 2. The lowest BCUT2D eigenvalue weighted by molar-refractivity contribution is -0.148. The van der Waals surface area contributed by atoms with Gasteiger partial charge < -0.3 is 14.6 Å². The SMILES string of the molecule is Cc1c(C#N)c(NC(=O)COC(=O)CC2CCS(=O)(=O)C2)n(Cc2ccc(F)cc2)c1C. The minimum absolute atomic E-state index is 0.0463. The standard InChI is InChI=1S/C22H24FN3O5S/c1-14-15(2)26(11-16-3-5-18(23)6-4-16)22(19(14)10-24)25-20(27)12-31-21(28)9-17-7-8-32(29,30)13-17/h3-6,17H,7-9,11-13H2,1-2H3,(H,25,27). The van der Waals surface area contributed by atoms with E-state index in [9.17, 15) is 27.7 Å². The van der Waals surface area contributed by atoms with E-state index in [-0.39, 0.29) is 35.5 Å². The zero-order chi connectivity index (χ0) is 23.5. The number of nitriles is 1. The quantitative estimate of drug-likeness (QED) is 0.633. The van der Waals surface area contributed by atoms with Gasteiger partial charge in [-0.25, -0.2) is 12.8 Å². The van der Waals surface area contributed by atoms with Crippen molar-refractivity contribution >= 4 is 27.5 Å². The molecule has 170 valence electrons. The van der Waals surface area contributed by atoms with Gasteiger partial charge in [0, 0.05) is 18.7 Å². The van der Waals surface area contributed by atoms with E-state index in [2.05, 4.69) is 11.4 Å². The van der Waals surface area contributed by atoms with E-state index in [0.29, 0.717) is 24.1 Å². The van der Waals surface area contributed by atoms with E-state index >= 15 is 0 Å². The number of amides is 1. The van der Waals surface area contributed by atoms with Crippen LogP contribution in [0.5, 0.6) is 0 Å². The number of anilines is 1. The number of esters is 1. The summed E-state index contributed by atoms with van der Waals surface area (Å²) in [6.45, 7) is 3.33. The fourth-order valence-electron chi connectivity index (χ4n) is 3.74. The number of hydrogen-bond donors (Lipinski definition) is 1. The summed E-state index contributed by atoms with van der Waals surface area (Å²) in [6.07, 6.45) is 0.347. The van der Waals surface area contributed by atoms with Crippen LogP contribution in [0, 0.1) is 36.9 Å². The summed E-state index contributed by atoms with van der Waals surface area (Å²) < 4.78 is 43.0. The zero-order valence-corrected chi connectivity index (χ0v) is 18.7. The second kappa shape index (κ2) is 9.53. The molecular formula is C22H24FN3O5S. The molecule has 1 aliphatic heterocycles. The van der Waals surface area contributed by atoms with Gasteiger partial charge in [0.2, 0.25) is 0 Å². The Morgan fingerprint density at radius 1 is 1.28 bits per heavy atom. The van der Waals surface area contributed by atoms with Gasteiger partial charge in [-0.3, -0.25) is 9.59 Å². The van der Waals surface area contributed by atoms with Crippen LogP contribution in [0.4, 0.5) is 10.2 Å². The molecule has 1 atom stereocenters. The highest BCUT2D eigenvalue weighted by atomic mass is 32.2. The molecule has 10 heteroatoms. The molecule has 8 nitrogen and oxygen atoms in total. The Morgan fingerprint density at radius 3 is 2.56 bits per heavy atom. The number of hydrogen-bond acceptors (Lipinski definition) is 6. The Morgan fingerprint density at radius 2 is 1.97 bits per heavy atom. The molecule has 1 N–H and O–H groups in total. The molecule has 1 amide bonds. The van der Waals surface area contributed by atoms with E-state index in [4.69, 9.17) is 4.74 Å². The van der Waals surface area contributed by atoms with E-state index in [1.807, 2.05) is 6.92 Å². The Bertz CT molecular complexity index is 1180. The number of benzene rings is 1. The first-order valence-electron chi connectivity index (χ1n) is 10.1. The number of aromatic nitrogens is 1. The van der Waals surface area contributed by atoms with Crippen molar-refractivity contribution in [3.05, 3.63) is 52.5 Å². The van der Waals surface area contributed by atoms with Crippen LogP contribution in [-0.2, 0) is 30.7 Å². The number of nitrogens with one attached hydrogen (secondary N) is 1. The third-order valence-corrected chi connectivity index (χ3v) is 7.44. The van der Waals surface area contributed by atoms with Gasteiger partial charge in [0.05, 0.1) is 17.1 Å². The summed E-state index contributed by atoms with van der Waals surface area (Å²) in [7, 11) is -3.10.